The van der Waals surface area contributed by atoms with Gasteiger partial charge in [-0.25, -0.2) is 0 Å². The summed E-state index contributed by atoms with van der Waals surface area (Å²) in [7, 11) is 3.96. The van der Waals surface area contributed by atoms with Gasteiger partial charge in [0.25, 0.3) is 0 Å². The smallest absolute Gasteiger partial charge is 0.405 e. The minimum Gasteiger partial charge on any atom is -0.405 e. The van der Waals surface area contributed by atoms with E-state index in [1.165, 1.54) is 47.7 Å². The van der Waals surface area contributed by atoms with E-state index in [-0.39, 0.29) is 26.4 Å². The van der Waals surface area contributed by atoms with Gasteiger partial charge in [0.05, 0.1) is 25.4 Å². The Morgan fingerprint density at radius 3 is 1.47 bits per heavy atom. The van der Waals surface area contributed by atoms with Crippen LogP contribution in [0.1, 0.15) is 50.7 Å². The molecule has 0 N–H and O–H groups in total. The Balaban J connectivity index is 1.13. The summed E-state index contributed by atoms with van der Waals surface area (Å²) in [6.07, 6.45) is 5.26. The fourth-order valence-corrected chi connectivity index (χ4v) is 5.02. The third-order valence-corrected chi connectivity index (χ3v) is 7.00. The van der Waals surface area contributed by atoms with Crippen LogP contribution >= 0.6 is 0 Å². The number of nitrogens with zero attached hydrogens (tertiary/aromatic N) is 2. The van der Waals surface area contributed by atoms with Crippen LogP contribution in [0.3, 0.4) is 0 Å². The van der Waals surface area contributed by atoms with Crippen molar-refractivity contribution < 1.29 is 18.6 Å². The molecule has 0 aromatic heterocycles. The van der Waals surface area contributed by atoms with E-state index in [1.807, 2.05) is 0 Å². The fraction of sp³-hybridized carbons (Fsp3) is 0.571. The van der Waals surface area contributed by atoms with Gasteiger partial charge in [-0.1, -0.05) is 61.4 Å². The number of hydrogen-bond donors (Lipinski definition) is 0. The zero-order chi connectivity index (χ0) is 25.3. The lowest BCUT2D eigenvalue weighted by Gasteiger charge is -2.20. The van der Waals surface area contributed by atoms with Crippen LogP contribution in [0.5, 0.6) is 0 Å². The molecule has 0 spiro atoms. The van der Waals surface area contributed by atoms with Crippen molar-refractivity contribution in [2.45, 2.75) is 64.8 Å². The molecule has 2 heterocycles. The minimum atomic E-state index is -0.227. The lowest BCUT2D eigenvalue weighted by Crippen LogP contribution is -2.37. The Labute approximate surface area is 218 Å². The third kappa shape index (κ3) is 7.91. The van der Waals surface area contributed by atoms with Gasteiger partial charge in [-0.15, -0.1) is 0 Å². The normalized spacial score (nSPS) is 20.3. The predicted molar refractivity (Wildman–Crippen MR) is 148 cm³/mol. The number of rotatable bonds is 13. The molecule has 0 radical (unpaired) electrons. The molecule has 36 heavy (non-hydrogen) atoms. The van der Waals surface area contributed by atoms with Crippen LogP contribution in [0.15, 0.2) is 48.5 Å². The molecule has 2 aromatic carbocycles. The Kier molecular flexibility index (Phi) is 10.5. The fourth-order valence-electron chi connectivity index (χ4n) is 5.02. The maximum atomic E-state index is 5.93. The van der Waals surface area contributed by atoms with Crippen LogP contribution in [0.4, 0.5) is 0 Å². The molecule has 8 heteroatoms. The molecule has 2 aliphatic heterocycles. The molecule has 2 aliphatic rings. The van der Waals surface area contributed by atoms with E-state index < -0.39 is 0 Å². The van der Waals surface area contributed by atoms with Gasteiger partial charge in [0.2, 0.25) is 0 Å². The van der Waals surface area contributed by atoms with Crippen molar-refractivity contribution in [1.29, 1.82) is 0 Å². The number of benzene rings is 2. The molecular weight excluding hydrogens is 450 g/mol. The summed E-state index contributed by atoms with van der Waals surface area (Å²) in [4.78, 5) is 4.82. The first-order valence-corrected chi connectivity index (χ1v) is 13.6. The first kappa shape index (κ1) is 27.4. The average Bonchev–Trinajstić information content (AvgIpc) is 3.50. The van der Waals surface area contributed by atoms with E-state index in [0.29, 0.717) is 13.2 Å². The Hall–Kier alpha value is -1.67. The van der Waals surface area contributed by atoms with Crippen molar-refractivity contribution in [3.63, 3.8) is 0 Å². The largest absolute Gasteiger partial charge is 0.494 e. The molecule has 194 valence electrons. The highest BCUT2D eigenvalue weighted by Gasteiger charge is 2.33. The van der Waals surface area contributed by atoms with Gasteiger partial charge in [0.15, 0.2) is 0 Å². The van der Waals surface area contributed by atoms with Crippen LogP contribution in [0.25, 0.3) is 0 Å². The summed E-state index contributed by atoms with van der Waals surface area (Å²) in [6.45, 7) is 9.49. The molecule has 0 bridgehead atoms. The van der Waals surface area contributed by atoms with E-state index in [0.717, 1.165) is 26.2 Å². The number of hydrogen-bond acceptors (Lipinski definition) is 6. The number of unbranched alkanes of at least 4 members (excludes halogenated alkanes) is 3. The maximum absolute atomic E-state index is 5.93. The second-order valence-corrected chi connectivity index (χ2v) is 10.5. The van der Waals surface area contributed by atoms with Gasteiger partial charge in [0, 0.05) is 13.1 Å². The van der Waals surface area contributed by atoms with Crippen molar-refractivity contribution in [2.24, 2.45) is 0 Å². The molecule has 0 saturated carbocycles. The third-order valence-electron chi connectivity index (χ3n) is 7.00. The van der Waals surface area contributed by atoms with E-state index in [9.17, 15) is 0 Å². The molecular formula is C28H42B2N2O4. The highest BCUT2D eigenvalue weighted by atomic mass is 16.6. The maximum Gasteiger partial charge on any atom is 0.494 e. The summed E-state index contributed by atoms with van der Waals surface area (Å²) in [5.41, 5.74) is 4.92. The monoisotopic (exact) mass is 492 g/mol. The molecule has 2 fully saturated rings. The van der Waals surface area contributed by atoms with Gasteiger partial charge < -0.3 is 28.4 Å². The molecule has 2 aromatic rings. The Morgan fingerprint density at radius 2 is 1.08 bits per heavy atom. The quantitative estimate of drug-likeness (QED) is 0.317. The van der Waals surface area contributed by atoms with Crippen LogP contribution in [-0.4, -0.2) is 76.6 Å². The molecule has 6 nitrogen and oxygen atoms in total. The Bertz CT molecular complexity index is 874. The molecule has 0 aliphatic carbocycles. The van der Waals surface area contributed by atoms with E-state index in [4.69, 9.17) is 18.6 Å². The average molecular weight is 492 g/mol. The minimum absolute atomic E-state index is 0.161. The van der Waals surface area contributed by atoms with Crippen LogP contribution in [0.2, 0.25) is 0 Å². The van der Waals surface area contributed by atoms with Crippen LogP contribution in [0, 0.1) is 0 Å². The second kappa shape index (κ2) is 13.8. The summed E-state index contributed by atoms with van der Waals surface area (Å²) >= 11 is 0. The predicted octanol–water partition coefficient (Wildman–Crippen LogP) is 3.07. The Morgan fingerprint density at radius 1 is 0.667 bits per heavy atom. The topological polar surface area (TPSA) is 43.4 Å². The van der Waals surface area contributed by atoms with Crippen molar-refractivity contribution in [3.05, 3.63) is 59.7 Å². The molecule has 0 amide bonds. The molecule has 2 unspecified atom stereocenters. The zero-order valence-corrected chi connectivity index (χ0v) is 22.5. The molecule has 2 atom stereocenters. The first-order valence-electron chi connectivity index (χ1n) is 13.6. The molecule has 2 saturated heterocycles. The second-order valence-electron chi connectivity index (χ2n) is 10.5. The van der Waals surface area contributed by atoms with Gasteiger partial charge in [0.1, 0.15) is 0 Å². The summed E-state index contributed by atoms with van der Waals surface area (Å²) < 4.78 is 23.5. The van der Waals surface area contributed by atoms with Gasteiger partial charge in [-0.05, 0) is 75.9 Å². The van der Waals surface area contributed by atoms with Crippen molar-refractivity contribution in [3.8, 4) is 0 Å². The molecule has 4 rings (SSSR count). The lowest BCUT2D eigenvalue weighted by atomic mass is 9.76. The summed E-state index contributed by atoms with van der Waals surface area (Å²) in [5.74, 6) is 0. The SMILES string of the molecule is CC1COB(c2ccccc2CN(C)CCCCCCN(C)Cc2ccccc2B2OCC(C)O2)O1. The summed E-state index contributed by atoms with van der Waals surface area (Å²) in [6, 6.07) is 17.0. The van der Waals surface area contributed by atoms with Crippen LogP contribution < -0.4 is 10.9 Å². The van der Waals surface area contributed by atoms with Gasteiger partial charge in [-0.3, -0.25) is 0 Å². The van der Waals surface area contributed by atoms with Crippen LogP contribution in [-0.2, 0) is 31.7 Å². The van der Waals surface area contributed by atoms with Crippen molar-refractivity contribution in [1.82, 2.24) is 9.80 Å². The highest BCUT2D eigenvalue weighted by Crippen LogP contribution is 2.13. The van der Waals surface area contributed by atoms with E-state index in [2.05, 4.69) is 86.3 Å². The standard InChI is InChI=1S/C28H42B2N2O4/c1-23-21-33-29(35-23)27-15-9-7-13-25(27)19-31(3)17-11-5-6-12-18-32(4)20-26-14-8-10-16-28(26)30-34-22-24(2)36-30/h7-10,13-16,23-24H,5-6,11-12,17-22H2,1-4H3. The summed E-state index contributed by atoms with van der Waals surface area (Å²) in [5, 5.41) is 0. The van der Waals surface area contributed by atoms with Gasteiger partial charge >= 0.3 is 14.2 Å². The van der Waals surface area contributed by atoms with Gasteiger partial charge in [-0.2, -0.15) is 0 Å². The van der Waals surface area contributed by atoms with E-state index in [1.54, 1.807) is 0 Å². The lowest BCUT2D eigenvalue weighted by molar-refractivity contribution is 0.257. The highest BCUT2D eigenvalue weighted by molar-refractivity contribution is 6.62. The van der Waals surface area contributed by atoms with Crippen molar-refractivity contribution >= 4 is 25.2 Å². The first-order chi connectivity index (χ1) is 17.5. The van der Waals surface area contributed by atoms with E-state index >= 15 is 0 Å². The zero-order valence-electron chi connectivity index (χ0n) is 22.5. The van der Waals surface area contributed by atoms with Crippen molar-refractivity contribution in [2.75, 3.05) is 40.4 Å².